The largest absolute Gasteiger partial charge is 0.341 e. The standard InChI is InChI=1S/C17H20N8O/c1-12(16-23-20-11-25(16)13-5-2-3-6-13)21-17(26)14-7-4-8-15(22-14)24-9-18-19-10-24/h4,7-13H,2-3,5-6H2,1H3,(H,21,26)/t12-/m0/s1. The molecule has 0 spiro atoms. The molecule has 3 aromatic rings. The van der Waals surface area contributed by atoms with Gasteiger partial charge in [0.1, 0.15) is 30.5 Å². The average Bonchev–Trinajstić information content (AvgIpc) is 3.43. The summed E-state index contributed by atoms with van der Waals surface area (Å²) in [6.45, 7) is 1.91. The van der Waals surface area contributed by atoms with Crippen LogP contribution in [0, 0.1) is 0 Å². The van der Waals surface area contributed by atoms with Gasteiger partial charge in [-0.1, -0.05) is 18.9 Å². The third-order valence-corrected chi connectivity index (χ3v) is 4.70. The van der Waals surface area contributed by atoms with Crippen molar-refractivity contribution in [3.8, 4) is 5.82 Å². The number of hydrogen-bond donors (Lipinski definition) is 1. The lowest BCUT2D eigenvalue weighted by Crippen LogP contribution is -2.30. The summed E-state index contributed by atoms with van der Waals surface area (Å²) in [6, 6.07) is 5.42. The highest BCUT2D eigenvalue weighted by Crippen LogP contribution is 2.31. The molecule has 1 aliphatic rings. The SMILES string of the molecule is C[C@H](NC(=O)c1cccc(-n2cnnc2)n1)c1nncn1C1CCCC1. The minimum Gasteiger partial charge on any atom is -0.341 e. The van der Waals surface area contributed by atoms with Gasteiger partial charge in [-0.3, -0.25) is 9.36 Å². The number of carbonyl (C=O) groups is 1. The topological polar surface area (TPSA) is 103 Å². The van der Waals surface area contributed by atoms with Gasteiger partial charge in [0.05, 0.1) is 6.04 Å². The normalized spacial score (nSPS) is 15.9. The van der Waals surface area contributed by atoms with Gasteiger partial charge < -0.3 is 9.88 Å². The maximum atomic E-state index is 12.6. The quantitative estimate of drug-likeness (QED) is 0.752. The van der Waals surface area contributed by atoms with E-state index in [0.29, 0.717) is 17.6 Å². The molecular weight excluding hydrogens is 332 g/mol. The Morgan fingerprint density at radius 3 is 2.69 bits per heavy atom. The highest BCUT2D eigenvalue weighted by atomic mass is 16.2. The van der Waals surface area contributed by atoms with Gasteiger partial charge in [0.2, 0.25) is 0 Å². The number of hydrogen-bond acceptors (Lipinski definition) is 6. The summed E-state index contributed by atoms with van der Waals surface area (Å²) in [4.78, 5) is 17.0. The van der Waals surface area contributed by atoms with E-state index in [1.54, 1.807) is 29.1 Å². The van der Waals surface area contributed by atoms with Crippen molar-refractivity contribution in [3.05, 3.63) is 48.7 Å². The van der Waals surface area contributed by atoms with E-state index in [4.69, 9.17) is 0 Å². The van der Waals surface area contributed by atoms with E-state index in [1.165, 1.54) is 25.5 Å². The maximum Gasteiger partial charge on any atom is 0.270 e. The van der Waals surface area contributed by atoms with Crippen molar-refractivity contribution in [1.82, 2.24) is 39.8 Å². The average molecular weight is 352 g/mol. The fourth-order valence-corrected chi connectivity index (χ4v) is 3.37. The summed E-state index contributed by atoms with van der Waals surface area (Å²) in [5, 5.41) is 18.8. The number of rotatable bonds is 5. The van der Waals surface area contributed by atoms with Crippen LogP contribution < -0.4 is 5.32 Å². The Bertz CT molecular complexity index is 882. The third-order valence-electron chi connectivity index (χ3n) is 4.70. The Balaban J connectivity index is 1.50. The Kier molecular flexibility index (Phi) is 4.42. The van der Waals surface area contributed by atoms with E-state index in [-0.39, 0.29) is 11.9 Å². The second-order valence-electron chi connectivity index (χ2n) is 6.48. The first-order chi connectivity index (χ1) is 12.7. The summed E-state index contributed by atoms with van der Waals surface area (Å²) in [5.41, 5.74) is 0.329. The van der Waals surface area contributed by atoms with E-state index in [1.807, 2.05) is 6.92 Å². The van der Waals surface area contributed by atoms with Crippen molar-refractivity contribution in [2.45, 2.75) is 44.7 Å². The molecule has 1 N–H and O–H groups in total. The van der Waals surface area contributed by atoms with Crippen molar-refractivity contribution in [2.24, 2.45) is 0 Å². The van der Waals surface area contributed by atoms with Gasteiger partial charge in [-0.25, -0.2) is 4.98 Å². The minimum absolute atomic E-state index is 0.256. The Morgan fingerprint density at radius 2 is 1.92 bits per heavy atom. The van der Waals surface area contributed by atoms with E-state index < -0.39 is 0 Å². The van der Waals surface area contributed by atoms with Crippen LogP contribution in [-0.4, -0.2) is 40.4 Å². The molecule has 0 aliphatic heterocycles. The van der Waals surface area contributed by atoms with Gasteiger partial charge in [0.15, 0.2) is 5.82 Å². The first kappa shape index (κ1) is 16.4. The zero-order valence-electron chi connectivity index (χ0n) is 14.5. The van der Waals surface area contributed by atoms with Crippen LogP contribution in [0.2, 0.25) is 0 Å². The molecule has 0 aromatic carbocycles. The lowest BCUT2D eigenvalue weighted by atomic mass is 10.2. The molecule has 134 valence electrons. The summed E-state index contributed by atoms with van der Waals surface area (Å²) in [5.74, 6) is 1.11. The van der Waals surface area contributed by atoms with Crippen LogP contribution in [0.1, 0.15) is 61.0 Å². The van der Waals surface area contributed by atoms with E-state index in [0.717, 1.165) is 18.7 Å². The molecule has 9 nitrogen and oxygen atoms in total. The predicted molar refractivity (Wildman–Crippen MR) is 92.6 cm³/mol. The zero-order chi connectivity index (χ0) is 17.9. The first-order valence-corrected chi connectivity index (χ1v) is 8.74. The smallest absolute Gasteiger partial charge is 0.270 e. The number of carbonyl (C=O) groups excluding carboxylic acids is 1. The molecule has 0 saturated heterocycles. The number of nitrogens with zero attached hydrogens (tertiary/aromatic N) is 7. The Labute approximate surface area is 150 Å². The fourth-order valence-electron chi connectivity index (χ4n) is 3.37. The van der Waals surface area contributed by atoms with Gasteiger partial charge in [0.25, 0.3) is 5.91 Å². The molecule has 3 heterocycles. The van der Waals surface area contributed by atoms with Crippen molar-refractivity contribution in [3.63, 3.8) is 0 Å². The van der Waals surface area contributed by atoms with Crippen molar-refractivity contribution in [2.75, 3.05) is 0 Å². The van der Waals surface area contributed by atoms with Gasteiger partial charge in [-0.15, -0.1) is 20.4 Å². The maximum absolute atomic E-state index is 12.6. The molecule has 0 bridgehead atoms. The molecule has 1 saturated carbocycles. The molecule has 1 aliphatic carbocycles. The van der Waals surface area contributed by atoms with Crippen LogP contribution in [0.4, 0.5) is 0 Å². The first-order valence-electron chi connectivity index (χ1n) is 8.74. The highest BCUT2D eigenvalue weighted by molar-refractivity contribution is 5.92. The summed E-state index contributed by atoms with van der Waals surface area (Å²) < 4.78 is 3.75. The second-order valence-corrected chi connectivity index (χ2v) is 6.48. The molecular formula is C17H20N8O. The van der Waals surface area contributed by atoms with Gasteiger partial charge >= 0.3 is 0 Å². The Hall–Kier alpha value is -3.10. The molecule has 0 unspecified atom stereocenters. The summed E-state index contributed by atoms with van der Waals surface area (Å²) in [7, 11) is 0. The number of aromatic nitrogens is 7. The lowest BCUT2D eigenvalue weighted by molar-refractivity contribution is 0.0932. The Morgan fingerprint density at radius 1 is 1.15 bits per heavy atom. The van der Waals surface area contributed by atoms with Crippen LogP contribution in [0.25, 0.3) is 5.82 Å². The molecule has 26 heavy (non-hydrogen) atoms. The number of amides is 1. The monoisotopic (exact) mass is 352 g/mol. The second kappa shape index (κ2) is 7.03. The molecule has 1 amide bonds. The van der Waals surface area contributed by atoms with Crippen LogP contribution in [0.5, 0.6) is 0 Å². The zero-order valence-corrected chi connectivity index (χ0v) is 14.5. The van der Waals surface area contributed by atoms with Crippen molar-refractivity contribution < 1.29 is 4.79 Å². The summed E-state index contributed by atoms with van der Waals surface area (Å²) in [6.07, 6.45) is 9.56. The van der Waals surface area contributed by atoms with E-state index >= 15 is 0 Å². The molecule has 1 atom stereocenters. The molecule has 1 fully saturated rings. The van der Waals surface area contributed by atoms with Crippen LogP contribution >= 0.6 is 0 Å². The van der Waals surface area contributed by atoms with E-state index in [9.17, 15) is 4.79 Å². The van der Waals surface area contributed by atoms with Gasteiger partial charge in [-0.05, 0) is 31.9 Å². The molecule has 4 rings (SSSR count). The van der Waals surface area contributed by atoms with Gasteiger partial charge in [-0.2, -0.15) is 0 Å². The molecule has 3 aromatic heterocycles. The molecule has 9 heteroatoms. The van der Waals surface area contributed by atoms with Crippen LogP contribution in [-0.2, 0) is 0 Å². The summed E-state index contributed by atoms with van der Waals surface area (Å²) >= 11 is 0. The number of nitrogens with one attached hydrogen (secondary N) is 1. The van der Waals surface area contributed by atoms with E-state index in [2.05, 4.69) is 35.3 Å². The predicted octanol–water partition coefficient (Wildman–Crippen LogP) is 1.86. The van der Waals surface area contributed by atoms with Gasteiger partial charge in [0, 0.05) is 6.04 Å². The third kappa shape index (κ3) is 3.19. The van der Waals surface area contributed by atoms with Crippen LogP contribution in [0.3, 0.4) is 0 Å². The highest BCUT2D eigenvalue weighted by Gasteiger charge is 2.24. The minimum atomic E-state index is -0.258. The van der Waals surface area contributed by atoms with Crippen molar-refractivity contribution in [1.29, 1.82) is 0 Å². The van der Waals surface area contributed by atoms with Crippen molar-refractivity contribution >= 4 is 5.91 Å². The van der Waals surface area contributed by atoms with Crippen LogP contribution in [0.15, 0.2) is 37.2 Å². The number of pyridine rings is 1. The lowest BCUT2D eigenvalue weighted by Gasteiger charge is -2.18. The molecule has 0 radical (unpaired) electrons. The fraction of sp³-hybridized carbons (Fsp3) is 0.412.